The molecule has 0 bridgehead atoms. The van der Waals surface area contributed by atoms with Gasteiger partial charge in [-0.25, -0.2) is 0 Å². The first-order valence-electron chi connectivity index (χ1n) is 6.83. The van der Waals surface area contributed by atoms with Crippen molar-refractivity contribution in [2.75, 3.05) is 11.9 Å². The van der Waals surface area contributed by atoms with Crippen molar-refractivity contribution in [3.63, 3.8) is 0 Å². The predicted octanol–water partition coefficient (Wildman–Crippen LogP) is 2.28. The molecule has 2 rings (SSSR count). The summed E-state index contributed by atoms with van der Waals surface area (Å²) in [4.78, 5) is 12.4. The SMILES string of the molecule is CCOC1CC(N)(C(=O)Nc2ccccc2O)C1(C)C.Cl. The van der Waals surface area contributed by atoms with E-state index in [0.29, 0.717) is 18.7 Å². The quantitative estimate of drug-likeness (QED) is 0.744. The third kappa shape index (κ3) is 2.86. The van der Waals surface area contributed by atoms with Crippen LogP contribution in [0, 0.1) is 5.41 Å². The van der Waals surface area contributed by atoms with Crippen LogP contribution >= 0.6 is 12.4 Å². The zero-order chi connectivity index (χ0) is 15.0. The smallest absolute Gasteiger partial charge is 0.245 e. The fraction of sp³-hybridized carbons (Fsp3) is 0.533. The summed E-state index contributed by atoms with van der Waals surface area (Å²) in [5.74, 6) is -0.261. The minimum atomic E-state index is -0.991. The second kappa shape index (κ2) is 6.22. The Labute approximate surface area is 131 Å². The Morgan fingerprint density at radius 2 is 2.10 bits per heavy atom. The van der Waals surface area contributed by atoms with Gasteiger partial charge in [0.2, 0.25) is 5.91 Å². The molecule has 2 unspecified atom stereocenters. The number of aromatic hydroxyl groups is 1. The van der Waals surface area contributed by atoms with Crippen LogP contribution in [-0.2, 0) is 9.53 Å². The van der Waals surface area contributed by atoms with Crippen LogP contribution in [0.5, 0.6) is 5.75 Å². The second-order valence-electron chi connectivity index (χ2n) is 5.81. The van der Waals surface area contributed by atoms with E-state index in [4.69, 9.17) is 10.5 Å². The monoisotopic (exact) mass is 314 g/mol. The van der Waals surface area contributed by atoms with E-state index in [2.05, 4.69) is 5.32 Å². The van der Waals surface area contributed by atoms with Crippen LogP contribution in [0.25, 0.3) is 0 Å². The van der Waals surface area contributed by atoms with Gasteiger partial charge in [0.15, 0.2) is 0 Å². The van der Waals surface area contributed by atoms with E-state index < -0.39 is 11.0 Å². The topological polar surface area (TPSA) is 84.6 Å². The number of phenolic OH excluding ortho intramolecular Hbond substituents is 1. The lowest BCUT2D eigenvalue weighted by Gasteiger charge is -2.57. The van der Waals surface area contributed by atoms with Crippen molar-refractivity contribution < 1.29 is 14.6 Å². The molecule has 0 saturated heterocycles. The highest BCUT2D eigenvalue weighted by Gasteiger charge is 2.62. The number of phenols is 1. The minimum Gasteiger partial charge on any atom is -0.506 e. The lowest BCUT2D eigenvalue weighted by molar-refractivity contribution is -0.166. The molecule has 1 aliphatic carbocycles. The van der Waals surface area contributed by atoms with E-state index in [-0.39, 0.29) is 30.2 Å². The Hall–Kier alpha value is -1.30. The van der Waals surface area contributed by atoms with Gasteiger partial charge >= 0.3 is 0 Å². The van der Waals surface area contributed by atoms with Crippen LogP contribution in [0.3, 0.4) is 0 Å². The second-order valence-corrected chi connectivity index (χ2v) is 5.81. The normalized spacial score (nSPS) is 26.4. The van der Waals surface area contributed by atoms with E-state index in [1.54, 1.807) is 18.2 Å². The summed E-state index contributed by atoms with van der Waals surface area (Å²) in [5.41, 5.74) is 5.20. The van der Waals surface area contributed by atoms with Gasteiger partial charge < -0.3 is 20.9 Å². The number of anilines is 1. The van der Waals surface area contributed by atoms with Gasteiger partial charge in [-0.3, -0.25) is 4.79 Å². The lowest BCUT2D eigenvalue weighted by atomic mass is 9.54. The molecule has 4 N–H and O–H groups in total. The third-order valence-corrected chi connectivity index (χ3v) is 4.39. The van der Waals surface area contributed by atoms with Crippen molar-refractivity contribution in [3.05, 3.63) is 24.3 Å². The molecule has 0 radical (unpaired) electrons. The Morgan fingerprint density at radius 3 is 2.62 bits per heavy atom. The zero-order valence-electron chi connectivity index (χ0n) is 12.6. The molecular weight excluding hydrogens is 292 g/mol. The van der Waals surface area contributed by atoms with Gasteiger partial charge in [-0.1, -0.05) is 26.0 Å². The molecule has 1 aromatic rings. The number of carbonyl (C=O) groups excluding carboxylic acids is 1. The molecule has 1 saturated carbocycles. The molecule has 1 fully saturated rings. The van der Waals surface area contributed by atoms with Crippen LogP contribution in [0.4, 0.5) is 5.69 Å². The summed E-state index contributed by atoms with van der Waals surface area (Å²) in [7, 11) is 0. The largest absolute Gasteiger partial charge is 0.506 e. The van der Waals surface area contributed by atoms with Gasteiger partial charge in [0, 0.05) is 18.4 Å². The molecular formula is C15H23ClN2O3. The Kier molecular flexibility index (Phi) is 5.25. The Balaban J connectivity index is 0.00000220. The summed E-state index contributed by atoms with van der Waals surface area (Å²) in [5, 5.41) is 12.4. The number of amides is 1. The van der Waals surface area contributed by atoms with Crippen LogP contribution in [0.1, 0.15) is 27.2 Å². The first kappa shape index (κ1) is 17.8. The zero-order valence-corrected chi connectivity index (χ0v) is 13.4. The van der Waals surface area contributed by atoms with E-state index in [1.165, 1.54) is 6.07 Å². The maximum atomic E-state index is 12.4. The molecule has 1 amide bonds. The number of halogens is 1. The molecule has 0 aromatic heterocycles. The van der Waals surface area contributed by atoms with Crippen molar-refractivity contribution in [3.8, 4) is 5.75 Å². The highest BCUT2D eigenvalue weighted by atomic mass is 35.5. The summed E-state index contributed by atoms with van der Waals surface area (Å²) >= 11 is 0. The van der Waals surface area contributed by atoms with Gasteiger partial charge in [0.1, 0.15) is 11.3 Å². The van der Waals surface area contributed by atoms with Crippen molar-refractivity contribution in [2.24, 2.45) is 11.1 Å². The number of hydrogen-bond donors (Lipinski definition) is 3. The molecule has 5 nitrogen and oxygen atoms in total. The maximum Gasteiger partial charge on any atom is 0.245 e. The highest BCUT2D eigenvalue weighted by Crippen LogP contribution is 2.50. The Bertz CT molecular complexity index is 521. The van der Waals surface area contributed by atoms with Crippen LogP contribution in [0.2, 0.25) is 0 Å². The number of ether oxygens (including phenoxy) is 1. The summed E-state index contributed by atoms with van der Waals surface area (Å²) in [6.45, 7) is 6.39. The number of para-hydroxylation sites is 2. The Morgan fingerprint density at radius 1 is 1.48 bits per heavy atom. The van der Waals surface area contributed by atoms with Gasteiger partial charge in [0.05, 0.1) is 11.8 Å². The van der Waals surface area contributed by atoms with Gasteiger partial charge in [0.25, 0.3) is 0 Å². The van der Waals surface area contributed by atoms with Crippen molar-refractivity contribution >= 4 is 24.0 Å². The fourth-order valence-electron chi connectivity index (χ4n) is 2.63. The van der Waals surface area contributed by atoms with Gasteiger partial charge in [-0.2, -0.15) is 0 Å². The van der Waals surface area contributed by atoms with Crippen molar-refractivity contribution in [2.45, 2.75) is 38.8 Å². The minimum absolute atomic E-state index is 0. The summed E-state index contributed by atoms with van der Waals surface area (Å²) < 4.78 is 5.60. The van der Waals surface area contributed by atoms with Crippen LogP contribution in [0.15, 0.2) is 24.3 Å². The third-order valence-electron chi connectivity index (χ3n) is 4.39. The number of carbonyl (C=O) groups is 1. The van der Waals surface area contributed by atoms with Gasteiger partial charge in [-0.15, -0.1) is 12.4 Å². The van der Waals surface area contributed by atoms with Crippen LogP contribution < -0.4 is 11.1 Å². The van der Waals surface area contributed by atoms with Gasteiger partial charge in [-0.05, 0) is 19.1 Å². The summed E-state index contributed by atoms with van der Waals surface area (Å²) in [6, 6.07) is 6.60. The maximum absolute atomic E-state index is 12.4. The lowest BCUT2D eigenvalue weighted by Crippen LogP contribution is -2.74. The predicted molar refractivity (Wildman–Crippen MR) is 84.7 cm³/mol. The molecule has 0 spiro atoms. The molecule has 1 aliphatic rings. The molecule has 118 valence electrons. The first-order chi connectivity index (χ1) is 9.33. The average Bonchev–Trinajstić information content (AvgIpc) is 2.40. The standard InChI is InChI=1S/C15H22N2O3.ClH/c1-4-20-12-9-15(16,14(12,2)3)13(19)17-10-7-5-6-8-11(10)18;/h5-8,12,18H,4,9,16H2,1-3H3,(H,17,19);1H. The molecule has 0 heterocycles. The fourth-order valence-corrected chi connectivity index (χ4v) is 2.63. The first-order valence-corrected chi connectivity index (χ1v) is 6.83. The number of nitrogens with two attached hydrogens (primary N) is 1. The van der Waals surface area contributed by atoms with E-state index >= 15 is 0 Å². The van der Waals surface area contributed by atoms with Crippen molar-refractivity contribution in [1.29, 1.82) is 0 Å². The summed E-state index contributed by atoms with van der Waals surface area (Å²) in [6.07, 6.45) is 0.459. The number of benzene rings is 1. The molecule has 6 heteroatoms. The van der Waals surface area contributed by atoms with E-state index in [1.807, 2.05) is 20.8 Å². The number of nitrogens with one attached hydrogen (secondary N) is 1. The molecule has 21 heavy (non-hydrogen) atoms. The average molecular weight is 315 g/mol. The van der Waals surface area contributed by atoms with Crippen molar-refractivity contribution in [1.82, 2.24) is 0 Å². The molecule has 0 aliphatic heterocycles. The molecule has 2 atom stereocenters. The molecule has 1 aromatic carbocycles. The highest BCUT2D eigenvalue weighted by molar-refractivity contribution is 6.00. The van der Waals surface area contributed by atoms with E-state index in [9.17, 15) is 9.90 Å². The number of rotatable bonds is 4. The van der Waals surface area contributed by atoms with E-state index in [0.717, 1.165) is 0 Å². The number of hydrogen-bond acceptors (Lipinski definition) is 4. The van der Waals surface area contributed by atoms with Crippen LogP contribution in [-0.4, -0.2) is 29.3 Å².